The van der Waals surface area contributed by atoms with Crippen LogP contribution in [0.5, 0.6) is 23.0 Å². The molecule has 0 amide bonds. The topological polar surface area (TPSA) is 91.3 Å². The van der Waals surface area contributed by atoms with Gasteiger partial charge < -0.3 is 24.1 Å². The van der Waals surface area contributed by atoms with Crippen molar-refractivity contribution in [1.82, 2.24) is 0 Å². The Balaban J connectivity index is 2.23. The molecular weight excluding hydrogens is 444 g/mol. The first-order valence-electron chi connectivity index (χ1n) is 8.65. The minimum absolute atomic E-state index is 0.246. The van der Waals surface area contributed by atoms with Crippen molar-refractivity contribution in [1.29, 1.82) is 0 Å². The summed E-state index contributed by atoms with van der Waals surface area (Å²) >= 11 is 3.44. The molecule has 0 saturated heterocycles. The molecule has 0 aromatic heterocycles. The van der Waals surface area contributed by atoms with Crippen LogP contribution in [0.2, 0.25) is 0 Å². The minimum Gasteiger partial charge on any atom is -0.493 e. The number of halogens is 1. The molecule has 29 heavy (non-hydrogen) atoms. The zero-order valence-corrected chi connectivity index (χ0v) is 17.8. The van der Waals surface area contributed by atoms with E-state index in [1.54, 1.807) is 25.3 Å². The molecule has 2 rings (SSSR count). The van der Waals surface area contributed by atoms with Gasteiger partial charge in [-0.05, 0) is 64.8 Å². The van der Waals surface area contributed by atoms with E-state index in [-0.39, 0.29) is 17.3 Å². The highest BCUT2D eigenvalue weighted by atomic mass is 79.9. The maximum absolute atomic E-state index is 12.5. The number of carboxylic acids is 1. The van der Waals surface area contributed by atoms with Crippen molar-refractivity contribution in [2.75, 3.05) is 27.4 Å². The Hall–Kier alpha value is -3.00. The first-order chi connectivity index (χ1) is 13.9. The van der Waals surface area contributed by atoms with E-state index in [0.717, 1.165) is 5.56 Å². The number of benzene rings is 2. The van der Waals surface area contributed by atoms with Gasteiger partial charge in [0.25, 0.3) is 0 Å². The molecule has 154 valence electrons. The lowest BCUT2D eigenvalue weighted by atomic mass is 10.1. The summed E-state index contributed by atoms with van der Waals surface area (Å²) in [5, 5.41) is 8.72. The van der Waals surface area contributed by atoms with Crippen molar-refractivity contribution in [3.63, 3.8) is 0 Å². The average Bonchev–Trinajstić information content (AvgIpc) is 2.70. The number of carboxylic acid groups (broad SMARTS) is 1. The number of methoxy groups -OCH3 is 2. The van der Waals surface area contributed by atoms with E-state index in [9.17, 15) is 9.59 Å². The van der Waals surface area contributed by atoms with E-state index in [4.69, 9.17) is 24.1 Å². The van der Waals surface area contributed by atoms with Crippen molar-refractivity contribution in [3.8, 4) is 23.0 Å². The van der Waals surface area contributed by atoms with E-state index in [1.165, 1.54) is 25.3 Å². The molecule has 0 radical (unpaired) electrons. The van der Waals surface area contributed by atoms with Gasteiger partial charge in [0.2, 0.25) is 0 Å². The van der Waals surface area contributed by atoms with Crippen molar-refractivity contribution in [2.24, 2.45) is 0 Å². The summed E-state index contributed by atoms with van der Waals surface area (Å²) in [6.07, 6.45) is 3.09. The Labute approximate surface area is 177 Å². The van der Waals surface area contributed by atoms with Gasteiger partial charge in [-0.25, -0.2) is 4.79 Å². The van der Waals surface area contributed by atoms with Gasteiger partial charge in [-0.1, -0.05) is 6.08 Å². The lowest BCUT2D eigenvalue weighted by Gasteiger charge is -2.12. The molecular formula is C21H21BrO7. The van der Waals surface area contributed by atoms with Crippen LogP contribution in [0.1, 0.15) is 22.8 Å². The number of carbonyl (C=O) groups is 2. The van der Waals surface area contributed by atoms with Crippen LogP contribution in [-0.4, -0.2) is 44.3 Å². The SMILES string of the molecule is CCOc1cc(/C=C/C(=O)c2ccc(OCC(=O)O)c(OC)c2)cc(Br)c1OC. The van der Waals surface area contributed by atoms with Gasteiger partial charge in [-0.2, -0.15) is 0 Å². The molecule has 8 heteroatoms. The monoisotopic (exact) mass is 464 g/mol. The Bertz CT molecular complexity index is 921. The molecule has 0 heterocycles. The van der Waals surface area contributed by atoms with Gasteiger partial charge in [-0.3, -0.25) is 4.79 Å². The van der Waals surface area contributed by atoms with Crippen LogP contribution < -0.4 is 18.9 Å². The molecule has 0 fully saturated rings. The molecule has 0 saturated carbocycles. The number of carbonyl (C=O) groups excluding carboxylic acids is 1. The van der Waals surface area contributed by atoms with Crippen LogP contribution in [0.3, 0.4) is 0 Å². The molecule has 0 aliphatic heterocycles. The molecule has 2 aromatic carbocycles. The summed E-state index contributed by atoms with van der Waals surface area (Å²) in [4.78, 5) is 23.2. The number of allylic oxidation sites excluding steroid dienone is 1. The Kier molecular flexibility index (Phi) is 8.09. The molecule has 0 spiro atoms. The number of ether oxygens (including phenoxy) is 4. The Morgan fingerprint density at radius 1 is 1.03 bits per heavy atom. The maximum Gasteiger partial charge on any atom is 0.341 e. The van der Waals surface area contributed by atoms with Crippen LogP contribution in [0.25, 0.3) is 6.08 Å². The third kappa shape index (κ3) is 5.99. The Morgan fingerprint density at radius 2 is 1.79 bits per heavy atom. The molecule has 7 nitrogen and oxygen atoms in total. The summed E-state index contributed by atoms with van der Waals surface area (Å²) in [6, 6.07) is 8.14. The molecule has 1 N–H and O–H groups in total. The van der Waals surface area contributed by atoms with Crippen molar-refractivity contribution in [3.05, 3.63) is 52.0 Å². The van der Waals surface area contributed by atoms with Crippen LogP contribution in [0, 0.1) is 0 Å². The van der Waals surface area contributed by atoms with Gasteiger partial charge in [-0.15, -0.1) is 0 Å². The van der Waals surface area contributed by atoms with Crippen LogP contribution in [-0.2, 0) is 4.79 Å². The van der Waals surface area contributed by atoms with Crippen LogP contribution >= 0.6 is 15.9 Å². The molecule has 0 atom stereocenters. The van der Waals surface area contributed by atoms with E-state index in [2.05, 4.69) is 15.9 Å². The summed E-state index contributed by atoms with van der Waals surface area (Å²) < 4.78 is 21.9. The lowest BCUT2D eigenvalue weighted by molar-refractivity contribution is -0.139. The van der Waals surface area contributed by atoms with Gasteiger partial charge in [0.1, 0.15) is 0 Å². The average molecular weight is 465 g/mol. The molecule has 0 aliphatic rings. The highest BCUT2D eigenvalue weighted by Gasteiger charge is 2.12. The maximum atomic E-state index is 12.5. The zero-order valence-electron chi connectivity index (χ0n) is 16.2. The number of hydrogen-bond acceptors (Lipinski definition) is 6. The predicted molar refractivity (Wildman–Crippen MR) is 111 cm³/mol. The number of ketones is 1. The second kappa shape index (κ2) is 10.5. The van der Waals surface area contributed by atoms with Crippen molar-refractivity contribution < 1.29 is 33.6 Å². The van der Waals surface area contributed by atoms with E-state index in [0.29, 0.717) is 28.1 Å². The first kappa shape index (κ1) is 22.3. The summed E-state index contributed by atoms with van der Waals surface area (Å²) in [6.45, 7) is 1.85. The minimum atomic E-state index is -1.10. The Morgan fingerprint density at radius 3 is 2.41 bits per heavy atom. The quantitative estimate of drug-likeness (QED) is 0.415. The smallest absolute Gasteiger partial charge is 0.341 e. The number of hydrogen-bond donors (Lipinski definition) is 1. The largest absolute Gasteiger partial charge is 0.493 e. The third-order valence-electron chi connectivity index (χ3n) is 3.76. The fraction of sp³-hybridized carbons (Fsp3) is 0.238. The summed E-state index contributed by atoms with van der Waals surface area (Å²) in [5.41, 5.74) is 1.13. The molecule has 2 aromatic rings. The summed E-state index contributed by atoms with van der Waals surface area (Å²) in [5.74, 6) is 0.312. The van der Waals surface area contributed by atoms with Crippen molar-refractivity contribution in [2.45, 2.75) is 6.92 Å². The normalized spacial score (nSPS) is 10.6. The van der Waals surface area contributed by atoms with Crippen LogP contribution in [0.4, 0.5) is 0 Å². The molecule has 0 bridgehead atoms. The molecule has 0 aliphatic carbocycles. The predicted octanol–water partition coefficient (Wildman–Crippen LogP) is 4.22. The van der Waals surface area contributed by atoms with Crippen LogP contribution in [0.15, 0.2) is 40.9 Å². The highest BCUT2D eigenvalue weighted by Crippen LogP contribution is 2.37. The second-order valence-electron chi connectivity index (χ2n) is 5.71. The van der Waals surface area contributed by atoms with Gasteiger partial charge >= 0.3 is 5.97 Å². The standard InChI is InChI=1S/C21H21BrO7/c1-4-28-19-10-13(9-15(22)21(19)27-3)5-7-16(23)14-6-8-17(18(11-14)26-2)29-12-20(24)25/h5-11H,4,12H2,1-3H3,(H,24,25)/b7-5+. The van der Waals surface area contributed by atoms with Gasteiger partial charge in [0.15, 0.2) is 35.4 Å². The van der Waals surface area contributed by atoms with Gasteiger partial charge in [0, 0.05) is 5.56 Å². The fourth-order valence-electron chi connectivity index (χ4n) is 2.49. The molecule has 0 unspecified atom stereocenters. The summed E-state index contributed by atoms with van der Waals surface area (Å²) in [7, 11) is 2.97. The third-order valence-corrected chi connectivity index (χ3v) is 4.35. The first-order valence-corrected chi connectivity index (χ1v) is 9.44. The zero-order chi connectivity index (χ0) is 21.4. The second-order valence-corrected chi connectivity index (χ2v) is 6.57. The van der Waals surface area contributed by atoms with E-state index >= 15 is 0 Å². The van der Waals surface area contributed by atoms with Gasteiger partial charge in [0.05, 0.1) is 25.3 Å². The lowest BCUT2D eigenvalue weighted by Crippen LogP contribution is -2.10. The van der Waals surface area contributed by atoms with Crippen molar-refractivity contribution >= 4 is 33.8 Å². The number of aliphatic carboxylic acids is 1. The highest BCUT2D eigenvalue weighted by molar-refractivity contribution is 9.10. The van der Waals surface area contributed by atoms with E-state index in [1.807, 2.05) is 13.0 Å². The fourth-order valence-corrected chi connectivity index (χ4v) is 3.11. The number of rotatable bonds is 10. The van der Waals surface area contributed by atoms with E-state index < -0.39 is 12.6 Å².